The van der Waals surface area contributed by atoms with Gasteiger partial charge in [0.1, 0.15) is 0 Å². The molecule has 2 aliphatic rings. The van der Waals surface area contributed by atoms with Gasteiger partial charge in [-0.1, -0.05) is 0 Å². The number of amides is 1. The topological polar surface area (TPSA) is 93.5 Å². The molecule has 0 aliphatic heterocycles. The molecular weight excluding hydrogens is 332 g/mol. The van der Waals surface area contributed by atoms with Gasteiger partial charge in [0.15, 0.2) is 5.58 Å². The van der Waals surface area contributed by atoms with Gasteiger partial charge in [-0.2, -0.15) is 0 Å². The zero-order valence-corrected chi connectivity index (χ0v) is 15.3. The molecule has 2 aliphatic carbocycles. The highest BCUT2D eigenvalue weighted by Crippen LogP contribution is 2.47. The Balaban J connectivity index is 1.56. The van der Waals surface area contributed by atoms with E-state index in [4.69, 9.17) is 10.2 Å². The molecule has 1 amide bonds. The van der Waals surface area contributed by atoms with Gasteiger partial charge in [-0.15, -0.1) is 0 Å². The van der Waals surface area contributed by atoms with Crippen molar-refractivity contribution in [1.82, 2.24) is 9.47 Å². The van der Waals surface area contributed by atoms with Crippen LogP contribution in [0.5, 0.6) is 0 Å². The van der Waals surface area contributed by atoms with E-state index in [0.717, 1.165) is 25.8 Å². The Kier molecular flexibility index (Phi) is 4.36. The van der Waals surface area contributed by atoms with Crippen LogP contribution < -0.4 is 16.8 Å². The Hall–Kier alpha value is -2.12. The standard InChI is InChI=1S/C19H26N4O3/c1-22(2)7-8-23-14-10-13(5-6-15(14)26-19(23)25)21-18(24)16-11-3-4-12(9-11)17(16)20/h5-6,10-12,16-17H,3-4,7-9,20H2,1-2H3,(H,21,24). The molecule has 1 heterocycles. The highest BCUT2D eigenvalue weighted by atomic mass is 16.4. The number of carbonyl (C=O) groups is 1. The SMILES string of the molecule is CN(C)CCn1c(=O)oc2ccc(NC(=O)C3C4CCC(C4)C3N)cc21. The maximum atomic E-state index is 12.8. The van der Waals surface area contributed by atoms with Gasteiger partial charge in [0, 0.05) is 24.8 Å². The number of carbonyl (C=O) groups excluding carboxylic acids is 1. The number of oxazole rings is 1. The first-order valence-electron chi connectivity index (χ1n) is 9.28. The van der Waals surface area contributed by atoms with Gasteiger partial charge < -0.3 is 20.4 Å². The summed E-state index contributed by atoms with van der Waals surface area (Å²) in [5, 5.41) is 3.01. The fraction of sp³-hybridized carbons (Fsp3) is 0.579. The number of aromatic nitrogens is 1. The minimum absolute atomic E-state index is 0.00488. The van der Waals surface area contributed by atoms with E-state index >= 15 is 0 Å². The number of anilines is 1. The zero-order chi connectivity index (χ0) is 18.4. The Morgan fingerprint density at radius 1 is 1.35 bits per heavy atom. The Labute approximate surface area is 152 Å². The van der Waals surface area contributed by atoms with Gasteiger partial charge in [-0.05, 0) is 63.4 Å². The van der Waals surface area contributed by atoms with Crippen LogP contribution in [0.1, 0.15) is 19.3 Å². The lowest BCUT2D eigenvalue weighted by atomic mass is 9.84. The first kappa shape index (κ1) is 17.3. The van der Waals surface area contributed by atoms with Crippen LogP contribution >= 0.6 is 0 Å². The monoisotopic (exact) mass is 358 g/mol. The third-order valence-electron chi connectivity index (χ3n) is 5.99. The summed E-state index contributed by atoms with van der Waals surface area (Å²) >= 11 is 0. The van der Waals surface area contributed by atoms with Crippen LogP contribution in [0.25, 0.3) is 11.1 Å². The molecule has 2 saturated carbocycles. The Morgan fingerprint density at radius 2 is 2.12 bits per heavy atom. The number of benzene rings is 1. The smallest absolute Gasteiger partial charge is 0.408 e. The molecule has 1 aromatic carbocycles. The number of rotatable bonds is 5. The molecule has 4 atom stereocenters. The molecule has 2 aromatic rings. The number of nitrogens with one attached hydrogen (secondary N) is 1. The Morgan fingerprint density at radius 3 is 2.81 bits per heavy atom. The molecule has 3 N–H and O–H groups in total. The van der Waals surface area contributed by atoms with Gasteiger partial charge in [0.2, 0.25) is 5.91 Å². The lowest BCUT2D eigenvalue weighted by molar-refractivity contribution is -0.121. The van der Waals surface area contributed by atoms with Gasteiger partial charge in [-0.3, -0.25) is 9.36 Å². The van der Waals surface area contributed by atoms with Gasteiger partial charge in [0.25, 0.3) is 0 Å². The molecule has 0 radical (unpaired) electrons. The van der Waals surface area contributed by atoms with Crippen LogP contribution in [0, 0.1) is 17.8 Å². The van der Waals surface area contributed by atoms with Crippen LogP contribution in [-0.2, 0) is 11.3 Å². The van der Waals surface area contributed by atoms with Crippen LogP contribution in [0.15, 0.2) is 27.4 Å². The van der Waals surface area contributed by atoms with Crippen molar-refractivity contribution >= 4 is 22.7 Å². The van der Waals surface area contributed by atoms with Gasteiger partial charge in [-0.25, -0.2) is 4.79 Å². The molecule has 0 saturated heterocycles. The van der Waals surface area contributed by atoms with Crippen molar-refractivity contribution in [2.75, 3.05) is 26.0 Å². The summed E-state index contributed by atoms with van der Waals surface area (Å²) in [7, 11) is 3.91. The van der Waals surface area contributed by atoms with Crippen molar-refractivity contribution < 1.29 is 9.21 Å². The van der Waals surface area contributed by atoms with E-state index in [0.29, 0.717) is 35.2 Å². The quantitative estimate of drug-likeness (QED) is 0.844. The maximum absolute atomic E-state index is 12.8. The lowest BCUT2D eigenvalue weighted by Crippen LogP contribution is -2.42. The van der Waals surface area contributed by atoms with Crippen molar-refractivity contribution in [3.63, 3.8) is 0 Å². The minimum atomic E-state index is -0.375. The molecule has 1 aromatic heterocycles. The summed E-state index contributed by atoms with van der Waals surface area (Å²) in [4.78, 5) is 26.9. The second-order valence-electron chi connectivity index (χ2n) is 7.93. The molecule has 7 heteroatoms. The van der Waals surface area contributed by atoms with Crippen molar-refractivity contribution in [3.05, 3.63) is 28.7 Å². The lowest BCUT2D eigenvalue weighted by Gasteiger charge is -2.27. The number of fused-ring (bicyclic) bond motifs is 3. The third-order valence-corrected chi connectivity index (χ3v) is 5.99. The van der Waals surface area contributed by atoms with E-state index in [9.17, 15) is 9.59 Å². The van der Waals surface area contributed by atoms with E-state index in [1.165, 1.54) is 0 Å². The first-order chi connectivity index (χ1) is 12.4. The van der Waals surface area contributed by atoms with Crippen LogP contribution in [-0.4, -0.2) is 42.1 Å². The highest BCUT2D eigenvalue weighted by Gasteiger charge is 2.49. The fourth-order valence-corrected chi connectivity index (χ4v) is 4.60. The predicted octanol–water partition coefficient (Wildman–Crippen LogP) is 1.47. The number of hydrogen-bond acceptors (Lipinski definition) is 5. The molecular formula is C19H26N4O3. The third kappa shape index (κ3) is 2.95. The highest BCUT2D eigenvalue weighted by molar-refractivity contribution is 5.95. The maximum Gasteiger partial charge on any atom is 0.419 e. The summed E-state index contributed by atoms with van der Waals surface area (Å²) in [6, 6.07) is 5.29. The molecule has 4 rings (SSSR count). The summed E-state index contributed by atoms with van der Waals surface area (Å²) < 4.78 is 6.91. The second-order valence-corrected chi connectivity index (χ2v) is 7.93. The minimum Gasteiger partial charge on any atom is -0.408 e. The fourth-order valence-electron chi connectivity index (χ4n) is 4.60. The van der Waals surface area contributed by atoms with E-state index in [-0.39, 0.29) is 23.6 Å². The van der Waals surface area contributed by atoms with E-state index in [2.05, 4.69) is 5.32 Å². The number of nitrogens with two attached hydrogens (primary N) is 1. The molecule has 4 unspecified atom stereocenters. The predicted molar refractivity (Wildman–Crippen MR) is 100.0 cm³/mol. The molecule has 2 bridgehead atoms. The summed E-state index contributed by atoms with van der Waals surface area (Å²) in [6.45, 7) is 1.26. The largest absolute Gasteiger partial charge is 0.419 e. The number of hydrogen-bond donors (Lipinski definition) is 2. The first-order valence-corrected chi connectivity index (χ1v) is 9.28. The normalized spacial score (nSPS) is 27.5. The Bertz CT molecular complexity index is 883. The molecule has 7 nitrogen and oxygen atoms in total. The van der Waals surface area contributed by atoms with E-state index in [1.54, 1.807) is 16.7 Å². The zero-order valence-electron chi connectivity index (χ0n) is 15.3. The summed E-state index contributed by atoms with van der Waals surface area (Å²) in [5.41, 5.74) is 8.19. The second kappa shape index (κ2) is 6.55. The number of nitrogens with zero attached hydrogens (tertiary/aromatic N) is 2. The summed E-state index contributed by atoms with van der Waals surface area (Å²) in [5.74, 6) is 0.411. The molecule has 0 spiro atoms. The van der Waals surface area contributed by atoms with E-state index in [1.807, 2.05) is 25.1 Å². The van der Waals surface area contributed by atoms with E-state index < -0.39 is 0 Å². The molecule has 26 heavy (non-hydrogen) atoms. The van der Waals surface area contributed by atoms with Gasteiger partial charge in [0.05, 0.1) is 11.4 Å². The van der Waals surface area contributed by atoms with Crippen molar-refractivity contribution in [2.24, 2.45) is 23.5 Å². The van der Waals surface area contributed by atoms with Crippen LogP contribution in [0.2, 0.25) is 0 Å². The molecule has 140 valence electrons. The average molecular weight is 358 g/mol. The number of likely N-dealkylation sites (N-methyl/N-ethyl adjacent to an activating group) is 1. The van der Waals surface area contributed by atoms with Crippen molar-refractivity contribution in [2.45, 2.75) is 31.8 Å². The van der Waals surface area contributed by atoms with Crippen LogP contribution in [0.3, 0.4) is 0 Å². The molecule has 2 fully saturated rings. The van der Waals surface area contributed by atoms with Crippen molar-refractivity contribution in [1.29, 1.82) is 0 Å². The average Bonchev–Trinajstić information content (AvgIpc) is 3.25. The summed E-state index contributed by atoms with van der Waals surface area (Å²) in [6.07, 6.45) is 3.32. The van der Waals surface area contributed by atoms with Gasteiger partial charge >= 0.3 is 5.76 Å². The van der Waals surface area contributed by atoms with Crippen molar-refractivity contribution in [3.8, 4) is 0 Å². The van der Waals surface area contributed by atoms with Crippen LogP contribution in [0.4, 0.5) is 5.69 Å².